The van der Waals surface area contributed by atoms with Crippen LogP contribution in [0.15, 0.2) is 18.2 Å². The summed E-state index contributed by atoms with van der Waals surface area (Å²) < 4.78 is 0. The van der Waals surface area contributed by atoms with Crippen molar-refractivity contribution in [3.63, 3.8) is 0 Å². The Hall–Kier alpha value is -2.15. The number of nitro benzene ring substituents is 1. The van der Waals surface area contributed by atoms with Crippen LogP contribution in [0.3, 0.4) is 0 Å². The molecule has 1 aromatic carbocycles. The Morgan fingerprint density at radius 2 is 2.10 bits per heavy atom. The van der Waals surface area contributed by atoms with E-state index in [2.05, 4.69) is 5.32 Å². The quantitative estimate of drug-likeness (QED) is 0.636. The molecule has 0 spiro atoms. The molecule has 2 N–H and O–H groups in total. The van der Waals surface area contributed by atoms with Crippen molar-refractivity contribution >= 4 is 29.2 Å². The van der Waals surface area contributed by atoms with E-state index in [9.17, 15) is 19.7 Å². The zero-order chi connectivity index (χ0) is 14.9. The summed E-state index contributed by atoms with van der Waals surface area (Å²) >= 11 is 5.72. The summed E-state index contributed by atoms with van der Waals surface area (Å²) in [5.74, 6) is -2.07. The number of aliphatic carboxylic acids is 1. The molecule has 1 fully saturated rings. The summed E-state index contributed by atoms with van der Waals surface area (Å²) in [6.07, 6.45) is 1.43. The maximum Gasteiger partial charge on any atom is 0.326 e. The summed E-state index contributed by atoms with van der Waals surface area (Å²) in [6, 6.07) is 2.54. The normalized spacial score (nSPS) is 15.4. The fourth-order valence-electron chi connectivity index (χ4n) is 1.88. The molecule has 20 heavy (non-hydrogen) atoms. The average molecular weight is 299 g/mol. The summed E-state index contributed by atoms with van der Waals surface area (Å²) in [5.41, 5.74) is -0.652. The Morgan fingerprint density at radius 3 is 2.60 bits per heavy atom. The first kappa shape index (κ1) is 14.3. The van der Waals surface area contributed by atoms with Crippen molar-refractivity contribution in [3.8, 4) is 0 Å². The molecule has 1 atom stereocenters. The van der Waals surface area contributed by atoms with Crippen LogP contribution in [0.5, 0.6) is 0 Å². The summed E-state index contributed by atoms with van der Waals surface area (Å²) in [5, 5.41) is 22.4. The lowest BCUT2D eigenvalue weighted by atomic mass is 10.1. The Balaban J connectivity index is 2.26. The number of hydrogen-bond acceptors (Lipinski definition) is 4. The van der Waals surface area contributed by atoms with Gasteiger partial charge in [-0.3, -0.25) is 14.9 Å². The number of nitro groups is 1. The molecule has 0 aromatic heterocycles. The van der Waals surface area contributed by atoms with Crippen LogP contribution in [-0.4, -0.2) is 27.9 Å². The summed E-state index contributed by atoms with van der Waals surface area (Å²) in [6.45, 7) is 0. The van der Waals surface area contributed by atoms with Crippen LogP contribution in [0.2, 0.25) is 5.02 Å². The number of carboxylic acid groups (broad SMARTS) is 1. The lowest BCUT2D eigenvalue weighted by molar-refractivity contribution is -0.385. The zero-order valence-electron chi connectivity index (χ0n) is 10.2. The predicted octanol–water partition coefficient (Wildman–Crippen LogP) is 1.84. The third kappa shape index (κ3) is 3.05. The number of carboxylic acids is 1. The lowest BCUT2D eigenvalue weighted by Gasteiger charge is -2.13. The van der Waals surface area contributed by atoms with Gasteiger partial charge in [0, 0.05) is 11.1 Å². The maximum absolute atomic E-state index is 12.0. The van der Waals surface area contributed by atoms with Gasteiger partial charge in [0.25, 0.3) is 11.6 Å². The standard InChI is InChI=1S/C12H11ClN2O5/c13-7-3-4-9(15(19)20)8(5-7)11(16)14-10(12(17)18)6-1-2-6/h3-6,10H,1-2H2,(H,14,16)(H,17,18). The van der Waals surface area contributed by atoms with Gasteiger partial charge in [0.05, 0.1) is 4.92 Å². The molecule has 2 rings (SSSR count). The maximum atomic E-state index is 12.0. The van der Waals surface area contributed by atoms with Gasteiger partial charge in [-0.15, -0.1) is 0 Å². The number of carbonyl (C=O) groups is 2. The van der Waals surface area contributed by atoms with Gasteiger partial charge >= 0.3 is 5.97 Å². The van der Waals surface area contributed by atoms with E-state index in [4.69, 9.17) is 16.7 Å². The highest BCUT2D eigenvalue weighted by molar-refractivity contribution is 6.31. The molecule has 0 saturated heterocycles. The number of nitrogens with one attached hydrogen (secondary N) is 1. The molecule has 8 heteroatoms. The van der Waals surface area contributed by atoms with Gasteiger partial charge in [-0.25, -0.2) is 4.79 Å². The van der Waals surface area contributed by atoms with Crippen LogP contribution in [0.4, 0.5) is 5.69 Å². The minimum absolute atomic E-state index is 0.116. The lowest BCUT2D eigenvalue weighted by Crippen LogP contribution is -2.42. The van der Waals surface area contributed by atoms with Crippen LogP contribution < -0.4 is 5.32 Å². The van der Waals surface area contributed by atoms with E-state index in [1.807, 2.05) is 0 Å². The minimum atomic E-state index is -1.15. The summed E-state index contributed by atoms with van der Waals surface area (Å²) in [7, 11) is 0. The molecule has 1 amide bonds. The average Bonchev–Trinajstić information content (AvgIpc) is 3.18. The van der Waals surface area contributed by atoms with Crippen molar-refractivity contribution in [3.05, 3.63) is 38.9 Å². The molecule has 1 aliphatic carbocycles. The molecule has 0 bridgehead atoms. The Bertz CT molecular complexity index is 585. The van der Waals surface area contributed by atoms with E-state index < -0.39 is 28.5 Å². The van der Waals surface area contributed by atoms with Crippen LogP contribution in [0.1, 0.15) is 23.2 Å². The van der Waals surface area contributed by atoms with Crippen molar-refractivity contribution in [2.75, 3.05) is 0 Å². The van der Waals surface area contributed by atoms with E-state index in [0.717, 1.165) is 25.0 Å². The van der Waals surface area contributed by atoms with Gasteiger partial charge in [-0.2, -0.15) is 0 Å². The van der Waals surface area contributed by atoms with E-state index in [1.54, 1.807) is 0 Å². The largest absolute Gasteiger partial charge is 0.480 e. The van der Waals surface area contributed by atoms with Crippen molar-refractivity contribution in [2.45, 2.75) is 18.9 Å². The number of halogens is 1. The van der Waals surface area contributed by atoms with E-state index in [1.165, 1.54) is 6.07 Å². The molecule has 0 heterocycles. The second kappa shape index (κ2) is 5.46. The zero-order valence-corrected chi connectivity index (χ0v) is 11.0. The number of hydrogen-bond donors (Lipinski definition) is 2. The van der Waals surface area contributed by atoms with Crippen LogP contribution in [-0.2, 0) is 4.79 Å². The Morgan fingerprint density at radius 1 is 1.45 bits per heavy atom. The minimum Gasteiger partial charge on any atom is -0.480 e. The highest BCUT2D eigenvalue weighted by atomic mass is 35.5. The molecule has 1 aliphatic rings. The van der Waals surface area contributed by atoms with E-state index in [0.29, 0.717) is 0 Å². The van der Waals surface area contributed by atoms with Gasteiger partial charge < -0.3 is 10.4 Å². The molecular weight excluding hydrogens is 288 g/mol. The van der Waals surface area contributed by atoms with Gasteiger partial charge in [-0.1, -0.05) is 11.6 Å². The van der Waals surface area contributed by atoms with E-state index >= 15 is 0 Å². The molecule has 7 nitrogen and oxygen atoms in total. The number of rotatable bonds is 5. The predicted molar refractivity (Wildman–Crippen MR) is 69.7 cm³/mol. The monoisotopic (exact) mass is 298 g/mol. The van der Waals surface area contributed by atoms with Crippen LogP contribution in [0.25, 0.3) is 0 Å². The van der Waals surface area contributed by atoms with E-state index in [-0.39, 0.29) is 16.5 Å². The highest BCUT2D eigenvalue weighted by Crippen LogP contribution is 2.33. The number of nitrogens with zero attached hydrogens (tertiary/aromatic N) is 1. The fraction of sp³-hybridized carbons (Fsp3) is 0.333. The van der Waals surface area contributed by atoms with Crippen molar-refractivity contribution in [1.29, 1.82) is 0 Å². The summed E-state index contributed by atoms with van der Waals surface area (Å²) in [4.78, 5) is 33.2. The van der Waals surface area contributed by atoms with Crippen molar-refractivity contribution in [2.24, 2.45) is 5.92 Å². The van der Waals surface area contributed by atoms with Crippen LogP contribution >= 0.6 is 11.6 Å². The Kier molecular flexibility index (Phi) is 3.89. The van der Waals surface area contributed by atoms with Gasteiger partial charge in [0.1, 0.15) is 11.6 Å². The first-order chi connectivity index (χ1) is 9.40. The van der Waals surface area contributed by atoms with Crippen molar-refractivity contribution < 1.29 is 19.6 Å². The topological polar surface area (TPSA) is 110 Å². The molecular formula is C12H11ClN2O5. The Labute approximate surface area is 118 Å². The van der Waals surface area contributed by atoms with Gasteiger partial charge in [-0.05, 0) is 30.9 Å². The third-order valence-corrected chi connectivity index (χ3v) is 3.28. The number of amides is 1. The molecule has 1 unspecified atom stereocenters. The van der Waals surface area contributed by atoms with Crippen molar-refractivity contribution in [1.82, 2.24) is 5.32 Å². The smallest absolute Gasteiger partial charge is 0.326 e. The van der Waals surface area contributed by atoms with Gasteiger partial charge in [0.2, 0.25) is 0 Å². The third-order valence-electron chi connectivity index (χ3n) is 3.05. The molecule has 1 saturated carbocycles. The molecule has 0 aliphatic heterocycles. The second-order valence-corrected chi connectivity index (χ2v) is 4.98. The molecule has 106 valence electrons. The first-order valence-electron chi connectivity index (χ1n) is 5.87. The molecule has 0 radical (unpaired) electrons. The highest BCUT2D eigenvalue weighted by Gasteiger charge is 2.38. The SMILES string of the molecule is O=C(NC(C(=O)O)C1CC1)c1cc(Cl)ccc1[N+](=O)[O-]. The number of benzene rings is 1. The number of carbonyl (C=O) groups excluding carboxylic acids is 1. The second-order valence-electron chi connectivity index (χ2n) is 4.55. The van der Waals surface area contributed by atoms with Gasteiger partial charge in [0.15, 0.2) is 0 Å². The molecule has 1 aromatic rings. The van der Waals surface area contributed by atoms with Crippen LogP contribution in [0, 0.1) is 16.0 Å². The fourth-order valence-corrected chi connectivity index (χ4v) is 2.05. The first-order valence-corrected chi connectivity index (χ1v) is 6.25.